The second-order valence-corrected chi connectivity index (χ2v) is 4.60. The molecular formula is C10H21NO. The van der Waals surface area contributed by atoms with Crippen LogP contribution in [0.5, 0.6) is 0 Å². The Morgan fingerprint density at radius 2 is 1.83 bits per heavy atom. The van der Waals surface area contributed by atoms with E-state index in [1.165, 1.54) is 0 Å². The molecule has 1 heterocycles. The number of aliphatic hydroxyl groups excluding tert-OH is 1. The van der Waals surface area contributed by atoms with Gasteiger partial charge in [-0.2, -0.15) is 0 Å². The maximum Gasteiger partial charge on any atom is 0.0485 e. The normalized spacial score (nSPS) is 24.8. The molecule has 1 saturated heterocycles. The molecule has 1 aliphatic rings. The molecule has 1 aliphatic heterocycles. The lowest BCUT2D eigenvalue weighted by atomic mass is 9.81. The summed E-state index contributed by atoms with van der Waals surface area (Å²) in [6, 6.07) is 0.660. The summed E-state index contributed by atoms with van der Waals surface area (Å²) in [7, 11) is 0. The number of aliphatic hydroxyl groups is 1. The molecule has 1 fully saturated rings. The van der Waals surface area contributed by atoms with E-state index in [1.54, 1.807) is 0 Å². The molecule has 0 aromatic carbocycles. The Morgan fingerprint density at radius 3 is 2.17 bits per heavy atom. The molecule has 0 aliphatic carbocycles. The van der Waals surface area contributed by atoms with E-state index in [1.807, 2.05) is 0 Å². The van der Waals surface area contributed by atoms with E-state index in [0.29, 0.717) is 12.6 Å². The third-order valence-electron chi connectivity index (χ3n) is 3.12. The molecule has 0 radical (unpaired) electrons. The minimum atomic E-state index is 0.200. The molecule has 72 valence electrons. The fourth-order valence-electron chi connectivity index (χ4n) is 1.74. The highest BCUT2D eigenvalue weighted by Crippen LogP contribution is 2.30. The maximum absolute atomic E-state index is 9.16. The van der Waals surface area contributed by atoms with Crippen molar-refractivity contribution in [2.45, 2.75) is 39.7 Å². The molecule has 0 aromatic rings. The standard InChI is InChI=1S/C10H21NO/c1-9(2)11-6-4-10(3,8-12)5-7-11/h9,12H,4-8H2,1-3H3. The predicted molar refractivity (Wildman–Crippen MR) is 51.1 cm³/mol. The Bertz CT molecular complexity index is 137. The van der Waals surface area contributed by atoms with Gasteiger partial charge in [-0.05, 0) is 45.2 Å². The van der Waals surface area contributed by atoms with Crippen molar-refractivity contribution in [3.63, 3.8) is 0 Å². The van der Waals surface area contributed by atoms with Gasteiger partial charge in [0.1, 0.15) is 0 Å². The van der Waals surface area contributed by atoms with Gasteiger partial charge < -0.3 is 10.0 Å². The number of hydrogen-bond acceptors (Lipinski definition) is 2. The summed E-state index contributed by atoms with van der Waals surface area (Å²) in [6.07, 6.45) is 2.28. The molecule has 0 spiro atoms. The van der Waals surface area contributed by atoms with Crippen molar-refractivity contribution in [2.24, 2.45) is 5.41 Å². The van der Waals surface area contributed by atoms with Crippen LogP contribution in [0.25, 0.3) is 0 Å². The molecule has 12 heavy (non-hydrogen) atoms. The molecule has 0 aromatic heterocycles. The first kappa shape index (κ1) is 10.0. The number of rotatable bonds is 2. The summed E-state index contributed by atoms with van der Waals surface area (Å²) in [6.45, 7) is 9.30. The Morgan fingerprint density at radius 1 is 1.33 bits per heavy atom. The van der Waals surface area contributed by atoms with Gasteiger partial charge in [0.2, 0.25) is 0 Å². The molecule has 2 nitrogen and oxygen atoms in total. The SMILES string of the molecule is CC(C)N1CCC(C)(CO)CC1. The van der Waals surface area contributed by atoms with E-state index in [0.717, 1.165) is 25.9 Å². The Hall–Kier alpha value is -0.0800. The quantitative estimate of drug-likeness (QED) is 0.680. The molecule has 0 saturated carbocycles. The molecule has 1 rings (SSSR count). The minimum absolute atomic E-state index is 0.200. The first-order valence-corrected chi connectivity index (χ1v) is 4.92. The zero-order valence-electron chi connectivity index (χ0n) is 8.51. The number of piperidine rings is 1. The summed E-state index contributed by atoms with van der Waals surface area (Å²) in [5.41, 5.74) is 0.200. The van der Waals surface area contributed by atoms with E-state index in [2.05, 4.69) is 25.7 Å². The highest BCUT2D eigenvalue weighted by molar-refractivity contribution is 4.82. The van der Waals surface area contributed by atoms with E-state index < -0.39 is 0 Å². The van der Waals surface area contributed by atoms with Crippen molar-refractivity contribution < 1.29 is 5.11 Å². The van der Waals surface area contributed by atoms with Crippen LogP contribution in [-0.4, -0.2) is 35.7 Å². The topological polar surface area (TPSA) is 23.5 Å². The Balaban J connectivity index is 2.39. The Labute approximate surface area is 75.6 Å². The number of hydrogen-bond donors (Lipinski definition) is 1. The van der Waals surface area contributed by atoms with Crippen LogP contribution in [0.4, 0.5) is 0 Å². The second-order valence-electron chi connectivity index (χ2n) is 4.60. The maximum atomic E-state index is 9.16. The van der Waals surface area contributed by atoms with Crippen molar-refractivity contribution in [1.82, 2.24) is 4.90 Å². The van der Waals surface area contributed by atoms with Crippen LogP contribution in [0.15, 0.2) is 0 Å². The minimum Gasteiger partial charge on any atom is -0.396 e. The fraction of sp³-hybridized carbons (Fsp3) is 1.00. The number of likely N-dealkylation sites (tertiary alicyclic amines) is 1. The van der Waals surface area contributed by atoms with Crippen LogP contribution < -0.4 is 0 Å². The van der Waals surface area contributed by atoms with Gasteiger partial charge in [0, 0.05) is 12.6 Å². The van der Waals surface area contributed by atoms with Gasteiger partial charge in [-0.15, -0.1) is 0 Å². The first-order chi connectivity index (χ1) is 5.57. The number of nitrogens with zero attached hydrogens (tertiary/aromatic N) is 1. The molecule has 0 atom stereocenters. The van der Waals surface area contributed by atoms with Crippen LogP contribution in [0.1, 0.15) is 33.6 Å². The Kier molecular flexibility index (Phi) is 3.13. The molecule has 0 amide bonds. The zero-order valence-corrected chi connectivity index (χ0v) is 8.51. The largest absolute Gasteiger partial charge is 0.396 e. The average Bonchev–Trinajstić information content (AvgIpc) is 2.05. The van der Waals surface area contributed by atoms with Gasteiger partial charge in [0.25, 0.3) is 0 Å². The lowest BCUT2D eigenvalue weighted by Crippen LogP contribution is -2.43. The van der Waals surface area contributed by atoms with Gasteiger partial charge in [0.15, 0.2) is 0 Å². The van der Waals surface area contributed by atoms with Crippen LogP contribution >= 0.6 is 0 Å². The van der Waals surface area contributed by atoms with Gasteiger partial charge in [0.05, 0.1) is 0 Å². The van der Waals surface area contributed by atoms with Crippen molar-refractivity contribution in [1.29, 1.82) is 0 Å². The van der Waals surface area contributed by atoms with Crippen LogP contribution in [0, 0.1) is 5.41 Å². The van der Waals surface area contributed by atoms with Crippen molar-refractivity contribution in [3.8, 4) is 0 Å². The smallest absolute Gasteiger partial charge is 0.0485 e. The van der Waals surface area contributed by atoms with Crippen molar-refractivity contribution in [3.05, 3.63) is 0 Å². The summed E-state index contributed by atoms with van der Waals surface area (Å²) >= 11 is 0. The highest BCUT2D eigenvalue weighted by Gasteiger charge is 2.29. The molecular weight excluding hydrogens is 150 g/mol. The molecule has 0 unspecified atom stereocenters. The van der Waals surface area contributed by atoms with Gasteiger partial charge in [-0.25, -0.2) is 0 Å². The third kappa shape index (κ3) is 2.20. The zero-order chi connectivity index (χ0) is 9.19. The van der Waals surface area contributed by atoms with Crippen molar-refractivity contribution in [2.75, 3.05) is 19.7 Å². The first-order valence-electron chi connectivity index (χ1n) is 4.92. The van der Waals surface area contributed by atoms with E-state index in [9.17, 15) is 0 Å². The summed E-state index contributed by atoms with van der Waals surface area (Å²) in [5.74, 6) is 0. The highest BCUT2D eigenvalue weighted by atomic mass is 16.3. The lowest BCUT2D eigenvalue weighted by Gasteiger charge is -2.40. The van der Waals surface area contributed by atoms with Gasteiger partial charge in [-0.1, -0.05) is 6.92 Å². The average molecular weight is 171 g/mol. The van der Waals surface area contributed by atoms with Crippen LogP contribution in [0.2, 0.25) is 0 Å². The van der Waals surface area contributed by atoms with Crippen molar-refractivity contribution >= 4 is 0 Å². The van der Waals surface area contributed by atoms with Gasteiger partial charge >= 0.3 is 0 Å². The second kappa shape index (κ2) is 3.75. The van der Waals surface area contributed by atoms with Crippen LogP contribution in [0.3, 0.4) is 0 Å². The summed E-state index contributed by atoms with van der Waals surface area (Å²) in [4.78, 5) is 2.48. The molecule has 1 N–H and O–H groups in total. The third-order valence-corrected chi connectivity index (χ3v) is 3.12. The monoisotopic (exact) mass is 171 g/mol. The summed E-state index contributed by atoms with van der Waals surface area (Å²) in [5, 5.41) is 9.16. The molecule has 2 heteroatoms. The lowest BCUT2D eigenvalue weighted by molar-refractivity contribution is 0.0464. The van der Waals surface area contributed by atoms with E-state index >= 15 is 0 Å². The summed E-state index contributed by atoms with van der Waals surface area (Å²) < 4.78 is 0. The van der Waals surface area contributed by atoms with E-state index in [-0.39, 0.29) is 5.41 Å². The van der Waals surface area contributed by atoms with Crippen LogP contribution in [-0.2, 0) is 0 Å². The van der Waals surface area contributed by atoms with E-state index in [4.69, 9.17) is 5.11 Å². The molecule has 0 bridgehead atoms. The van der Waals surface area contributed by atoms with Gasteiger partial charge in [-0.3, -0.25) is 0 Å². The predicted octanol–water partition coefficient (Wildman–Crippen LogP) is 1.49. The fourth-order valence-corrected chi connectivity index (χ4v) is 1.74.